The summed E-state index contributed by atoms with van der Waals surface area (Å²) in [6.45, 7) is -0.396. The molecule has 26 heavy (non-hydrogen) atoms. The van der Waals surface area contributed by atoms with E-state index in [1.165, 1.54) is 24.3 Å². The molecule has 13 N–H and O–H groups in total. The topological polar surface area (TPSA) is 250 Å². The van der Waals surface area contributed by atoms with Crippen molar-refractivity contribution < 1.29 is 43.9 Å². The molecular formula is C12H29N4O9P. The van der Waals surface area contributed by atoms with Crippen molar-refractivity contribution in [3.05, 3.63) is 24.3 Å². The van der Waals surface area contributed by atoms with Crippen molar-refractivity contribution in [2.75, 3.05) is 26.4 Å². The molecule has 0 heterocycles. The number of hydrogen-bond donors (Lipinski definition) is 9. The van der Waals surface area contributed by atoms with Crippen molar-refractivity contribution in [1.29, 1.82) is 0 Å². The third-order valence-electron chi connectivity index (χ3n) is 2.57. The Balaban J connectivity index is 0. The van der Waals surface area contributed by atoms with Crippen LogP contribution in [0.25, 0.3) is 0 Å². The van der Waals surface area contributed by atoms with Gasteiger partial charge < -0.3 is 46.2 Å². The molecule has 0 rings (SSSR count). The van der Waals surface area contributed by atoms with Crippen LogP contribution in [0.1, 0.15) is 0 Å². The van der Waals surface area contributed by atoms with Gasteiger partial charge in [0.2, 0.25) is 0 Å². The number of aliphatic hydroxyl groups excluding tert-OH is 3. The molecule has 0 saturated heterocycles. The summed E-state index contributed by atoms with van der Waals surface area (Å²) in [5.74, 6) is 9.42. The molecule has 0 aromatic rings. The van der Waals surface area contributed by atoms with Crippen LogP contribution in [0.4, 0.5) is 0 Å². The average molecular weight is 404 g/mol. The Morgan fingerprint density at radius 2 is 1.35 bits per heavy atom. The van der Waals surface area contributed by atoms with Gasteiger partial charge in [0.1, 0.15) is 0 Å². The zero-order valence-corrected chi connectivity index (χ0v) is 15.0. The van der Waals surface area contributed by atoms with Crippen molar-refractivity contribution in [2.24, 2.45) is 23.3 Å². The summed E-state index contributed by atoms with van der Waals surface area (Å²) in [5, 5.41) is 26.9. The molecule has 0 bridgehead atoms. The zero-order chi connectivity index (χ0) is 20.6. The second kappa shape index (κ2) is 16.4. The Morgan fingerprint density at radius 3 is 1.69 bits per heavy atom. The molecule has 0 saturated carbocycles. The Hall–Kier alpha value is -0.770. The van der Waals surface area contributed by atoms with E-state index in [4.69, 9.17) is 43.3 Å². The Morgan fingerprint density at radius 1 is 0.923 bits per heavy atom. The third-order valence-corrected chi connectivity index (χ3v) is 3.06. The lowest BCUT2D eigenvalue weighted by atomic mass is 10.2. The molecule has 0 spiro atoms. The lowest BCUT2D eigenvalue weighted by Gasteiger charge is -2.15. The molecule has 0 amide bonds. The molecular weight excluding hydrogens is 375 g/mol. The van der Waals surface area contributed by atoms with Crippen molar-refractivity contribution in [3.63, 3.8) is 0 Å². The van der Waals surface area contributed by atoms with Gasteiger partial charge in [-0.05, 0) is 0 Å². The summed E-state index contributed by atoms with van der Waals surface area (Å²) in [4.78, 5) is 25.1. The van der Waals surface area contributed by atoms with Crippen molar-refractivity contribution in [2.45, 2.75) is 24.3 Å². The van der Waals surface area contributed by atoms with Crippen LogP contribution in [-0.2, 0) is 18.8 Å². The van der Waals surface area contributed by atoms with Crippen LogP contribution >= 0.6 is 7.82 Å². The van der Waals surface area contributed by atoms with E-state index in [0.29, 0.717) is 0 Å². The van der Waals surface area contributed by atoms with E-state index in [-0.39, 0.29) is 19.8 Å². The van der Waals surface area contributed by atoms with Crippen LogP contribution < -0.4 is 23.3 Å². The highest BCUT2D eigenvalue weighted by Gasteiger charge is 2.19. The number of phosphoric acid groups is 1. The van der Waals surface area contributed by atoms with Gasteiger partial charge in [0.15, 0.2) is 0 Å². The van der Waals surface area contributed by atoms with E-state index in [0.717, 1.165) is 0 Å². The highest BCUT2D eigenvalue weighted by molar-refractivity contribution is 7.46. The van der Waals surface area contributed by atoms with Gasteiger partial charge in [-0.25, -0.2) is 16.4 Å². The number of nitrogens with two attached hydrogens (primary N) is 4. The normalized spacial score (nSPS) is 17.0. The van der Waals surface area contributed by atoms with Gasteiger partial charge in [-0.2, -0.15) is 0 Å². The number of aliphatic hydroxyl groups is 3. The minimum absolute atomic E-state index is 0.100. The second-order valence-corrected chi connectivity index (χ2v) is 6.04. The highest BCUT2D eigenvalue weighted by Crippen LogP contribution is 2.35. The standard InChI is InChI=1S/C6H15N2O6P.C6H14N2O3/c7-5(4-14-15(10,11)12)6(9)2-1-3-13-8;7-5(4-9)6(10)2-1-3-11-8/h1-2,5-6,9H,3-4,7-8H2,(H2,10,11,12);1-2,5-6,9-10H,3-4,7-8H2/b2*2-1+/t2*5-,6+/m00/s1. The van der Waals surface area contributed by atoms with Crippen LogP contribution in [0.15, 0.2) is 24.3 Å². The van der Waals surface area contributed by atoms with Crippen LogP contribution in [0, 0.1) is 0 Å². The van der Waals surface area contributed by atoms with Gasteiger partial charge in [-0.1, -0.05) is 24.3 Å². The first-order valence-corrected chi connectivity index (χ1v) is 8.77. The fraction of sp³-hybridized carbons (Fsp3) is 0.667. The van der Waals surface area contributed by atoms with Crippen LogP contribution in [-0.4, -0.2) is 75.8 Å². The summed E-state index contributed by atoms with van der Waals surface area (Å²) >= 11 is 0. The molecule has 13 nitrogen and oxygen atoms in total. The van der Waals surface area contributed by atoms with E-state index in [9.17, 15) is 9.67 Å². The molecule has 4 atom stereocenters. The monoisotopic (exact) mass is 404 g/mol. The van der Waals surface area contributed by atoms with E-state index >= 15 is 0 Å². The highest BCUT2D eigenvalue weighted by atomic mass is 31.2. The molecule has 0 aromatic carbocycles. The maximum absolute atomic E-state index is 10.3. The van der Waals surface area contributed by atoms with Gasteiger partial charge >= 0.3 is 7.82 Å². The van der Waals surface area contributed by atoms with E-state index in [1.54, 1.807) is 0 Å². The molecule has 0 aliphatic heterocycles. The maximum Gasteiger partial charge on any atom is 0.469 e. The van der Waals surface area contributed by atoms with Gasteiger partial charge in [0.05, 0.1) is 50.7 Å². The molecule has 0 aromatic heterocycles. The molecule has 14 heteroatoms. The Labute approximate surface area is 151 Å². The summed E-state index contributed by atoms with van der Waals surface area (Å²) in [6.07, 6.45) is 3.72. The molecule has 0 aliphatic rings. The van der Waals surface area contributed by atoms with Crippen molar-refractivity contribution >= 4 is 7.82 Å². The van der Waals surface area contributed by atoms with Gasteiger partial charge in [0, 0.05) is 0 Å². The van der Waals surface area contributed by atoms with Crippen LogP contribution in [0.2, 0.25) is 0 Å². The summed E-state index contributed by atoms with van der Waals surface area (Å²) in [6, 6.07) is -1.59. The van der Waals surface area contributed by atoms with E-state index in [2.05, 4.69) is 14.2 Å². The molecule has 0 aliphatic carbocycles. The number of hydrogen-bond acceptors (Lipinski definition) is 11. The lowest BCUT2D eigenvalue weighted by molar-refractivity contribution is 0.127. The molecule has 156 valence electrons. The lowest BCUT2D eigenvalue weighted by Crippen LogP contribution is -2.37. The fourth-order valence-corrected chi connectivity index (χ4v) is 1.54. The van der Waals surface area contributed by atoms with Gasteiger partial charge in [-0.3, -0.25) is 4.52 Å². The van der Waals surface area contributed by atoms with Crippen molar-refractivity contribution in [1.82, 2.24) is 0 Å². The molecule has 0 radical (unpaired) electrons. The second-order valence-electron chi connectivity index (χ2n) is 4.80. The number of rotatable bonds is 12. The summed E-state index contributed by atoms with van der Waals surface area (Å²) in [5.41, 5.74) is 10.6. The fourth-order valence-electron chi connectivity index (χ4n) is 1.18. The smallest absolute Gasteiger partial charge is 0.395 e. The van der Waals surface area contributed by atoms with Gasteiger partial charge in [0.25, 0.3) is 0 Å². The third kappa shape index (κ3) is 18.0. The minimum Gasteiger partial charge on any atom is -0.395 e. The summed E-state index contributed by atoms with van der Waals surface area (Å²) < 4.78 is 14.4. The van der Waals surface area contributed by atoms with Crippen LogP contribution in [0.3, 0.4) is 0 Å². The first-order chi connectivity index (χ1) is 12.1. The Kier molecular flexibility index (Phi) is 17.3. The molecule has 0 unspecified atom stereocenters. The first kappa shape index (κ1) is 27.4. The van der Waals surface area contributed by atoms with Gasteiger partial charge in [-0.15, -0.1) is 0 Å². The van der Waals surface area contributed by atoms with E-state index in [1.807, 2.05) is 0 Å². The van der Waals surface area contributed by atoms with Crippen LogP contribution in [0.5, 0.6) is 0 Å². The summed E-state index contributed by atoms with van der Waals surface area (Å²) in [7, 11) is -4.55. The first-order valence-electron chi connectivity index (χ1n) is 7.23. The number of phosphoric ester groups is 1. The largest absolute Gasteiger partial charge is 0.469 e. The van der Waals surface area contributed by atoms with E-state index < -0.39 is 38.7 Å². The quantitative estimate of drug-likeness (QED) is 0.0865. The average Bonchev–Trinajstić information content (AvgIpc) is 2.59. The Bertz CT molecular complexity index is 435. The maximum atomic E-state index is 10.3. The SMILES string of the molecule is NOC/C=C/[C@@H](O)[C@@H](N)CO.NOC/C=C/[C@@H](O)[C@@H](N)COP(=O)(O)O. The zero-order valence-electron chi connectivity index (χ0n) is 14.1. The predicted octanol–water partition coefficient (Wildman–Crippen LogP) is -3.66. The minimum atomic E-state index is -4.55. The predicted molar refractivity (Wildman–Crippen MR) is 91.6 cm³/mol. The molecule has 0 fully saturated rings. The van der Waals surface area contributed by atoms with Crippen molar-refractivity contribution in [3.8, 4) is 0 Å².